The van der Waals surface area contributed by atoms with Gasteiger partial charge in [0, 0.05) is 18.7 Å². The zero-order chi connectivity index (χ0) is 21.3. The van der Waals surface area contributed by atoms with E-state index in [1.807, 2.05) is 0 Å². The van der Waals surface area contributed by atoms with Crippen molar-refractivity contribution in [3.8, 4) is 11.5 Å². The number of ether oxygens (including phenoxy) is 2. The highest BCUT2D eigenvalue weighted by Crippen LogP contribution is 2.22. The van der Waals surface area contributed by atoms with Crippen LogP contribution in [0.5, 0.6) is 11.5 Å². The molecule has 30 heavy (non-hydrogen) atoms. The number of carbonyl (C=O) groups excluding carboxylic acids is 1. The number of alkyl halides is 3. The first-order valence-electron chi connectivity index (χ1n) is 8.60. The zero-order valence-corrected chi connectivity index (χ0v) is 18.4. The first kappa shape index (κ1) is 25.3. The highest BCUT2D eigenvalue weighted by molar-refractivity contribution is 14.0. The van der Waals surface area contributed by atoms with Crippen molar-refractivity contribution in [1.82, 2.24) is 5.32 Å². The monoisotopic (exact) mass is 538 g/mol. The fourth-order valence-electron chi connectivity index (χ4n) is 2.24. The Morgan fingerprint density at radius 3 is 2.47 bits per heavy atom. The number of hydrogen-bond donors (Lipinski definition) is 3. The van der Waals surface area contributed by atoms with Crippen LogP contribution >= 0.6 is 24.0 Å². The van der Waals surface area contributed by atoms with E-state index in [2.05, 4.69) is 20.4 Å². The van der Waals surface area contributed by atoms with Crippen LogP contribution in [0.4, 0.5) is 18.9 Å². The molecule has 0 saturated heterocycles. The molecular weight excluding hydrogens is 516 g/mol. The van der Waals surface area contributed by atoms with Crippen molar-refractivity contribution in [3.63, 3.8) is 0 Å². The number of guanidine groups is 1. The molecule has 7 nitrogen and oxygen atoms in total. The van der Waals surface area contributed by atoms with Crippen LogP contribution in [0.3, 0.4) is 0 Å². The summed E-state index contributed by atoms with van der Waals surface area (Å²) in [5.74, 6) is 0.303. The molecule has 164 valence electrons. The average molecular weight is 538 g/mol. The van der Waals surface area contributed by atoms with Crippen LogP contribution in [0.1, 0.15) is 12.5 Å². The Hall–Kier alpha value is -2.70. The standard InChI is InChI=1S/C19H21F3N4O3.HI/c1-13(27)26-15-3-2-4-17(11-15)28-10-9-24-18(23)25-12-14-5-7-16(8-6-14)29-19(20,21)22;/h2-8,11H,9-10,12H2,1H3,(H,26,27)(H3,23,24,25);1H. The van der Waals surface area contributed by atoms with Crippen LogP contribution in [0.15, 0.2) is 53.5 Å². The third-order valence-electron chi connectivity index (χ3n) is 3.42. The summed E-state index contributed by atoms with van der Waals surface area (Å²) in [4.78, 5) is 15.2. The molecule has 0 bridgehead atoms. The second kappa shape index (κ2) is 12.1. The largest absolute Gasteiger partial charge is 0.573 e. The van der Waals surface area contributed by atoms with Crippen LogP contribution in [-0.2, 0) is 11.3 Å². The van der Waals surface area contributed by atoms with E-state index in [4.69, 9.17) is 10.5 Å². The topological polar surface area (TPSA) is 98.0 Å². The summed E-state index contributed by atoms with van der Waals surface area (Å²) in [6.07, 6.45) is -4.72. The van der Waals surface area contributed by atoms with Gasteiger partial charge in [0.25, 0.3) is 0 Å². The minimum Gasteiger partial charge on any atom is -0.492 e. The average Bonchev–Trinajstić information content (AvgIpc) is 2.63. The molecule has 1 amide bonds. The van der Waals surface area contributed by atoms with Crippen molar-refractivity contribution in [1.29, 1.82) is 0 Å². The third-order valence-corrected chi connectivity index (χ3v) is 3.42. The van der Waals surface area contributed by atoms with Crippen LogP contribution in [0, 0.1) is 0 Å². The summed E-state index contributed by atoms with van der Waals surface area (Å²) >= 11 is 0. The highest BCUT2D eigenvalue weighted by Gasteiger charge is 2.30. The van der Waals surface area contributed by atoms with Crippen molar-refractivity contribution < 1.29 is 27.4 Å². The van der Waals surface area contributed by atoms with Crippen molar-refractivity contribution in [2.24, 2.45) is 10.7 Å². The number of nitrogens with zero attached hydrogens (tertiary/aromatic N) is 1. The SMILES string of the molecule is CC(=O)Nc1cccc(OCCNC(N)=NCc2ccc(OC(F)(F)F)cc2)c1.I. The first-order valence-corrected chi connectivity index (χ1v) is 8.60. The first-order chi connectivity index (χ1) is 13.7. The van der Waals surface area contributed by atoms with Gasteiger partial charge in [-0.3, -0.25) is 4.79 Å². The number of rotatable bonds is 8. The molecule has 0 aliphatic rings. The van der Waals surface area contributed by atoms with Crippen molar-refractivity contribution >= 4 is 41.5 Å². The molecule has 2 aromatic rings. The molecule has 2 rings (SSSR count). The molecule has 0 radical (unpaired) electrons. The lowest BCUT2D eigenvalue weighted by Gasteiger charge is -2.10. The number of aliphatic imine (C=N–C) groups is 1. The van der Waals surface area contributed by atoms with Crippen LogP contribution in [-0.4, -0.2) is 31.4 Å². The minimum absolute atomic E-state index is 0. The predicted octanol–water partition coefficient (Wildman–Crippen LogP) is 3.64. The van der Waals surface area contributed by atoms with Crippen LogP contribution in [0.25, 0.3) is 0 Å². The van der Waals surface area contributed by atoms with E-state index >= 15 is 0 Å². The fraction of sp³-hybridized carbons (Fsp3) is 0.263. The Bertz CT molecular complexity index is 846. The summed E-state index contributed by atoms with van der Waals surface area (Å²) in [7, 11) is 0. The lowest BCUT2D eigenvalue weighted by molar-refractivity contribution is -0.274. The van der Waals surface area contributed by atoms with Gasteiger partial charge in [-0.25, -0.2) is 4.99 Å². The van der Waals surface area contributed by atoms with Crippen LogP contribution in [0.2, 0.25) is 0 Å². The lowest BCUT2D eigenvalue weighted by atomic mass is 10.2. The van der Waals surface area contributed by atoms with E-state index in [0.29, 0.717) is 30.2 Å². The van der Waals surface area contributed by atoms with E-state index in [9.17, 15) is 18.0 Å². The number of nitrogens with one attached hydrogen (secondary N) is 2. The summed E-state index contributed by atoms with van der Waals surface area (Å²) in [6.45, 7) is 2.32. The number of hydrogen-bond acceptors (Lipinski definition) is 4. The molecule has 0 fully saturated rings. The molecular formula is C19H22F3IN4O3. The Balaban J connectivity index is 0.00000450. The third kappa shape index (κ3) is 10.2. The molecule has 0 atom stereocenters. The summed E-state index contributed by atoms with van der Waals surface area (Å²) in [6, 6.07) is 12.3. The van der Waals surface area contributed by atoms with Crippen molar-refractivity contribution in [2.75, 3.05) is 18.5 Å². The van der Waals surface area contributed by atoms with Gasteiger partial charge in [0.2, 0.25) is 5.91 Å². The van der Waals surface area contributed by atoms with Crippen molar-refractivity contribution in [2.45, 2.75) is 19.8 Å². The van der Waals surface area contributed by atoms with E-state index < -0.39 is 6.36 Å². The lowest BCUT2D eigenvalue weighted by Crippen LogP contribution is -2.34. The molecule has 0 saturated carbocycles. The number of halogens is 4. The molecule has 0 heterocycles. The molecule has 4 N–H and O–H groups in total. The number of amides is 1. The normalized spacial score (nSPS) is 11.3. The highest BCUT2D eigenvalue weighted by atomic mass is 127. The molecule has 0 spiro atoms. The number of nitrogens with two attached hydrogens (primary N) is 1. The second-order valence-corrected chi connectivity index (χ2v) is 5.88. The Kier molecular flexibility index (Phi) is 10.2. The van der Waals surface area contributed by atoms with E-state index in [1.54, 1.807) is 24.3 Å². The van der Waals surface area contributed by atoms with Gasteiger partial charge < -0.3 is 25.8 Å². The van der Waals surface area contributed by atoms with Gasteiger partial charge in [0.05, 0.1) is 13.1 Å². The molecule has 0 unspecified atom stereocenters. The Morgan fingerprint density at radius 1 is 1.13 bits per heavy atom. The maximum absolute atomic E-state index is 12.1. The molecule has 0 aliphatic heterocycles. The summed E-state index contributed by atoms with van der Waals surface area (Å²) in [5, 5.41) is 5.54. The Labute approximate surface area is 188 Å². The van der Waals surface area contributed by atoms with Gasteiger partial charge in [0.15, 0.2) is 5.96 Å². The van der Waals surface area contributed by atoms with E-state index in [-0.39, 0.29) is 48.1 Å². The molecule has 0 aliphatic carbocycles. The number of carbonyl (C=O) groups is 1. The predicted molar refractivity (Wildman–Crippen MR) is 118 cm³/mol. The second-order valence-electron chi connectivity index (χ2n) is 5.88. The van der Waals surface area contributed by atoms with Gasteiger partial charge in [-0.15, -0.1) is 37.1 Å². The maximum atomic E-state index is 12.1. The number of benzene rings is 2. The fourth-order valence-corrected chi connectivity index (χ4v) is 2.24. The molecule has 11 heteroatoms. The smallest absolute Gasteiger partial charge is 0.492 e. The van der Waals surface area contributed by atoms with Gasteiger partial charge >= 0.3 is 6.36 Å². The molecule has 2 aromatic carbocycles. The van der Waals surface area contributed by atoms with Gasteiger partial charge in [-0.1, -0.05) is 18.2 Å². The zero-order valence-electron chi connectivity index (χ0n) is 16.0. The summed E-state index contributed by atoms with van der Waals surface area (Å²) in [5.41, 5.74) is 7.07. The van der Waals surface area contributed by atoms with Gasteiger partial charge in [-0.2, -0.15) is 0 Å². The van der Waals surface area contributed by atoms with Crippen LogP contribution < -0.4 is 25.8 Å². The Morgan fingerprint density at radius 2 is 1.83 bits per heavy atom. The van der Waals surface area contributed by atoms with Gasteiger partial charge in [-0.05, 0) is 29.8 Å². The summed E-state index contributed by atoms with van der Waals surface area (Å²) < 4.78 is 45.7. The van der Waals surface area contributed by atoms with E-state index in [1.165, 1.54) is 31.2 Å². The van der Waals surface area contributed by atoms with Crippen molar-refractivity contribution in [3.05, 3.63) is 54.1 Å². The molecule has 0 aromatic heterocycles. The number of anilines is 1. The maximum Gasteiger partial charge on any atom is 0.573 e. The van der Waals surface area contributed by atoms with E-state index in [0.717, 1.165) is 0 Å². The van der Waals surface area contributed by atoms with Gasteiger partial charge in [0.1, 0.15) is 18.1 Å². The minimum atomic E-state index is -4.72. The quantitative estimate of drug-likeness (QED) is 0.207.